The van der Waals surface area contributed by atoms with Crippen LogP contribution in [0.15, 0.2) is 71.9 Å². The van der Waals surface area contributed by atoms with Crippen LogP contribution in [-0.4, -0.2) is 36.8 Å². The fraction of sp³-hybridized carbons (Fsp3) is 0.222. The third-order valence-electron chi connectivity index (χ3n) is 4.82. The normalized spacial score (nSPS) is 9.82. The van der Waals surface area contributed by atoms with E-state index < -0.39 is 0 Å². The van der Waals surface area contributed by atoms with Crippen LogP contribution in [0.1, 0.15) is 24.1 Å². The van der Waals surface area contributed by atoms with Gasteiger partial charge in [0.25, 0.3) is 0 Å². The standard InChI is InChI=1S/C24H24N8O5.C2H4.CH4/c1-16-20(13-26)23(29-14-34-15-35-18-5-3-2-4-6-18)30-24(28-9-10-33)22(16)32-31-21-8-7-19(36-37-27)11-17(21)12-25;1-2;/h2-8,11,33H,9-10,14-15,27H2,1H3,(H2,28,29,30);1-2H2;1H4. The van der Waals surface area contributed by atoms with Gasteiger partial charge < -0.3 is 30.1 Å². The first-order valence-corrected chi connectivity index (χ1v) is 11.4. The van der Waals surface area contributed by atoms with E-state index >= 15 is 0 Å². The molecule has 0 aliphatic heterocycles. The number of hydrogen-bond donors (Lipinski definition) is 4. The van der Waals surface area contributed by atoms with Crippen molar-refractivity contribution in [1.29, 1.82) is 10.5 Å². The van der Waals surface area contributed by atoms with Crippen molar-refractivity contribution in [3.8, 4) is 23.6 Å². The molecule has 0 fully saturated rings. The molecule has 40 heavy (non-hydrogen) atoms. The van der Waals surface area contributed by atoms with Crippen molar-refractivity contribution in [3.63, 3.8) is 0 Å². The van der Waals surface area contributed by atoms with Gasteiger partial charge in [0.1, 0.15) is 41.8 Å². The van der Waals surface area contributed by atoms with Crippen LogP contribution < -0.4 is 26.2 Å². The van der Waals surface area contributed by atoms with Crippen LogP contribution in [0.3, 0.4) is 0 Å². The molecule has 13 nitrogen and oxygen atoms in total. The van der Waals surface area contributed by atoms with E-state index in [0.29, 0.717) is 11.3 Å². The van der Waals surface area contributed by atoms with Crippen LogP contribution >= 0.6 is 0 Å². The molecule has 0 radical (unpaired) electrons. The molecule has 0 saturated heterocycles. The number of aliphatic hydroxyl groups is 1. The minimum absolute atomic E-state index is 0. The van der Waals surface area contributed by atoms with Gasteiger partial charge in [-0.05, 0) is 31.2 Å². The molecule has 3 rings (SSSR count). The maximum Gasteiger partial charge on any atom is 0.191 e. The van der Waals surface area contributed by atoms with Gasteiger partial charge >= 0.3 is 0 Å². The number of nitrogens with one attached hydrogen (secondary N) is 2. The maximum atomic E-state index is 9.78. The Kier molecular flexibility index (Phi) is 15.0. The number of rotatable bonds is 13. The lowest BCUT2D eigenvalue weighted by molar-refractivity contribution is -0.211. The zero-order valence-electron chi connectivity index (χ0n) is 21.3. The second kappa shape index (κ2) is 18.2. The molecule has 3 aromatic rings. The highest BCUT2D eigenvalue weighted by atomic mass is 17.3. The van der Waals surface area contributed by atoms with E-state index in [9.17, 15) is 15.6 Å². The van der Waals surface area contributed by atoms with Crippen molar-refractivity contribution in [2.75, 3.05) is 37.3 Å². The lowest BCUT2D eigenvalue weighted by Crippen LogP contribution is -2.15. The molecule has 0 unspecified atom stereocenters. The van der Waals surface area contributed by atoms with Gasteiger partial charge in [0, 0.05) is 18.2 Å². The third kappa shape index (κ3) is 9.36. The minimum Gasteiger partial charge on any atom is -0.467 e. The third-order valence-corrected chi connectivity index (χ3v) is 4.82. The van der Waals surface area contributed by atoms with Gasteiger partial charge in [0.2, 0.25) is 0 Å². The van der Waals surface area contributed by atoms with Crippen LogP contribution in [0.2, 0.25) is 0 Å². The average Bonchev–Trinajstić information content (AvgIpc) is 2.97. The second-order valence-electron chi connectivity index (χ2n) is 7.19. The van der Waals surface area contributed by atoms with Gasteiger partial charge in [-0.15, -0.1) is 23.4 Å². The number of pyridine rings is 1. The number of nitrogens with two attached hydrogens (primary N) is 1. The van der Waals surface area contributed by atoms with Crippen molar-refractivity contribution < 1.29 is 24.5 Å². The Morgan fingerprint density at radius 2 is 1.77 bits per heavy atom. The van der Waals surface area contributed by atoms with E-state index in [1.54, 1.807) is 19.1 Å². The number of azo groups is 1. The van der Waals surface area contributed by atoms with E-state index in [0.717, 1.165) is 0 Å². The van der Waals surface area contributed by atoms with E-state index in [-0.39, 0.29) is 74.0 Å². The summed E-state index contributed by atoms with van der Waals surface area (Å²) in [6, 6.07) is 17.7. The molecule has 0 amide bonds. The highest BCUT2D eigenvalue weighted by Crippen LogP contribution is 2.35. The van der Waals surface area contributed by atoms with E-state index in [1.165, 1.54) is 18.2 Å². The lowest BCUT2D eigenvalue weighted by atomic mass is 10.1. The fourth-order valence-corrected chi connectivity index (χ4v) is 3.07. The molecule has 0 saturated carbocycles. The topological polar surface area (TPSA) is 192 Å². The first-order valence-electron chi connectivity index (χ1n) is 11.4. The first-order chi connectivity index (χ1) is 19.1. The summed E-state index contributed by atoms with van der Waals surface area (Å²) in [5, 5.41) is 42.8. The number of aromatic nitrogens is 1. The first kappa shape index (κ1) is 33.0. The van der Waals surface area contributed by atoms with E-state index in [1.807, 2.05) is 24.3 Å². The van der Waals surface area contributed by atoms with Gasteiger partial charge in [-0.1, -0.05) is 30.6 Å². The fourth-order valence-electron chi connectivity index (χ4n) is 3.07. The van der Waals surface area contributed by atoms with Crippen LogP contribution in [0.4, 0.5) is 23.0 Å². The summed E-state index contributed by atoms with van der Waals surface area (Å²) >= 11 is 0. The Bertz CT molecular complexity index is 1320. The number of aliphatic hydroxyl groups excluding tert-OH is 1. The molecule has 1 aromatic heterocycles. The number of benzene rings is 2. The summed E-state index contributed by atoms with van der Waals surface area (Å²) in [5.74, 6) is 6.27. The zero-order chi connectivity index (χ0) is 28.5. The van der Waals surface area contributed by atoms with Gasteiger partial charge in [0.15, 0.2) is 18.4 Å². The van der Waals surface area contributed by atoms with Crippen molar-refractivity contribution in [2.24, 2.45) is 16.1 Å². The van der Waals surface area contributed by atoms with Gasteiger partial charge in [0.05, 0.1) is 17.7 Å². The predicted molar refractivity (Wildman–Crippen MR) is 150 cm³/mol. The number of nitrogens with zero attached hydrogens (tertiary/aromatic N) is 5. The van der Waals surface area contributed by atoms with Gasteiger partial charge in [-0.25, -0.2) is 4.98 Å². The lowest BCUT2D eigenvalue weighted by Gasteiger charge is -2.15. The summed E-state index contributed by atoms with van der Waals surface area (Å²) in [4.78, 5) is 13.3. The van der Waals surface area contributed by atoms with E-state index in [4.69, 9.17) is 20.3 Å². The monoisotopic (exact) mass is 548 g/mol. The molecule has 0 aliphatic carbocycles. The van der Waals surface area contributed by atoms with Gasteiger partial charge in [-0.2, -0.15) is 16.4 Å². The summed E-state index contributed by atoms with van der Waals surface area (Å²) in [6.45, 7) is 7.70. The molecule has 1 heterocycles. The van der Waals surface area contributed by atoms with Crippen LogP contribution in [0.25, 0.3) is 0 Å². The Morgan fingerprint density at radius 3 is 2.42 bits per heavy atom. The summed E-state index contributed by atoms with van der Waals surface area (Å²) in [7, 11) is 0. The SMILES string of the molecule is C.C=C.Cc1c(C#N)c(NCOCOc2ccccc2)nc(NCCO)c1N=Nc1ccc(OON)cc1C#N. The summed E-state index contributed by atoms with van der Waals surface area (Å²) < 4.78 is 10.9. The second-order valence-corrected chi connectivity index (χ2v) is 7.19. The molecule has 210 valence electrons. The molecule has 2 aromatic carbocycles. The predicted octanol–water partition coefficient (Wildman–Crippen LogP) is 5.00. The van der Waals surface area contributed by atoms with E-state index in [2.05, 4.69) is 50.1 Å². The van der Waals surface area contributed by atoms with Crippen molar-refractivity contribution >= 4 is 23.0 Å². The highest BCUT2D eigenvalue weighted by Gasteiger charge is 2.17. The molecule has 0 aliphatic rings. The average molecular weight is 549 g/mol. The van der Waals surface area contributed by atoms with Crippen molar-refractivity contribution in [3.05, 3.63) is 78.4 Å². The number of ether oxygens (including phenoxy) is 2. The molecule has 13 heteroatoms. The number of para-hydroxylation sites is 1. The molecule has 0 spiro atoms. The van der Waals surface area contributed by atoms with Crippen LogP contribution in [0, 0.1) is 29.6 Å². The van der Waals surface area contributed by atoms with Gasteiger partial charge in [-0.3, -0.25) is 0 Å². The Balaban J connectivity index is 0.00000261. The zero-order valence-corrected chi connectivity index (χ0v) is 21.3. The molecule has 5 N–H and O–H groups in total. The Morgan fingerprint density at radius 1 is 1.02 bits per heavy atom. The maximum absolute atomic E-state index is 9.78. The molecular formula is C27H32N8O5. The summed E-state index contributed by atoms with van der Waals surface area (Å²) in [6.07, 6.45) is 0. The number of anilines is 2. The molecule has 0 bridgehead atoms. The number of nitriles is 2. The minimum atomic E-state index is -0.163. The molecule has 0 atom stereocenters. The highest BCUT2D eigenvalue weighted by molar-refractivity contribution is 5.74. The summed E-state index contributed by atoms with van der Waals surface area (Å²) in [5.41, 5.74) is 1.35. The largest absolute Gasteiger partial charge is 0.467 e. The quantitative estimate of drug-likeness (QED) is 0.0561. The van der Waals surface area contributed by atoms with Crippen LogP contribution in [-0.2, 0) is 9.73 Å². The van der Waals surface area contributed by atoms with Crippen molar-refractivity contribution in [2.45, 2.75) is 14.4 Å². The number of hydrogen-bond acceptors (Lipinski definition) is 13. The van der Waals surface area contributed by atoms with Crippen molar-refractivity contribution in [1.82, 2.24) is 4.98 Å². The molecular weight excluding hydrogens is 516 g/mol. The van der Waals surface area contributed by atoms with Crippen LogP contribution in [0.5, 0.6) is 11.5 Å². The smallest absolute Gasteiger partial charge is 0.191 e. The Labute approximate surface area is 233 Å². The Hall–Kier alpha value is -5.05.